The van der Waals surface area contributed by atoms with Crippen molar-refractivity contribution < 1.29 is 14.3 Å². The van der Waals surface area contributed by atoms with Gasteiger partial charge >= 0.3 is 5.97 Å². The number of carboxylic acids is 1. The zero-order chi connectivity index (χ0) is 21.5. The molecule has 3 aromatic heterocycles. The van der Waals surface area contributed by atoms with Gasteiger partial charge in [-0.3, -0.25) is 4.98 Å². The number of hydrogen-bond acceptors (Lipinski definition) is 6. The van der Waals surface area contributed by atoms with Crippen molar-refractivity contribution in [2.75, 3.05) is 5.32 Å². The molecule has 0 unspecified atom stereocenters. The number of fused-ring (bicyclic) bond motifs is 3. The van der Waals surface area contributed by atoms with Gasteiger partial charge in [-0.05, 0) is 37.1 Å². The number of nitrogens with one attached hydrogen (secondary N) is 1. The number of pyridine rings is 1. The molecule has 3 heterocycles. The Bertz CT molecular complexity index is 1420. The first-order valence-electron chi connectivity index (χ1n) is 9.83. The second-order valence-electron chi connectivity index (χ2n) is 7.44. The molecule has 0 fully saturated rings. The van der Waals surface area contributed by atoms with Gasteiger partial charge in [0.25, 0.3) is 0 Å². The first-order valence-corrected chi connectivity index (χ1v) is 10.7. The molecular formula is C24H19N3O3S. The number of nitrogens with zero attached hydrogens (tertiary/aromatic N) is 2. The SMILES string of the molecule is Cc1cc([C@@H](C)Nc2scnc2C(=O)O)c2oc3c(-c4ccccc4)ccnc3c2c1. The lowest BCUT2D eigenvalue weighted by Gasteiger charge is -2.15. The Labute approximate surface area is 182 Å². The summed E-state index contributed by atoms with van der Waals surface area (Å²) in [7, 11) is 0. The number of carboxylic acid groups (broad SMARTS) is 1. The number of anilines is 1. The van der Waals surface area contributed by atoms with E-state index in [1.165, 1.54) is 16.8 Å². The summed E-state index contributed by atoms with van der Waals surface area (Å²) in [5.74, 6) is -1.05. The Morgan fingerprint density at radius 3 is 2.71 bits per heavy atom. The van der Waals surface area contributed by atoms with E-state index in [0.717, 1.165) is 44.3 Å². The lowest BCUT2D eigenvalue weighted by molar-refractivity contribution is 0.0692. The highest BCUT2D eigenvalue weighted by Gasteiger charge is 2.21. The standard InChI is InChI=1S/C24H19N3O3S/c1-13-10-17(14(2)27-23-20(24(28)29)26-12-31-23)21-18(11-13)19-22(30-21)16(8-9-25-19)15-6-4-3-5-7-15/h3-12,14,27H,1-2H3,(H,28,29)/t14-/m1/s1. The summed E-state index contributed by atoms with van der Waals surface area (Å²) in [5.41, 5.74) is 7.93. The molecule has 0 aliphatic carbocycles. The van der Waals surface area contributed by atoms with Gasteiger partial charge in [0.05, 0.1) is 11.6 Å². The average Bonchev–Trinajstić information content (AvgIpc) is 3.38. The van der Waals surface area contributed by atoms with Gasteiger partial charge in [0.15, 0.2) is 11.3 Å². The van der Waals surface area contributed by atoms with Gasteiger partial charge in [-0.15, -0.1) is 11.3 Å². The zero-order valence-corrected chi connectivity index (χ0v) is 17.7. The fraction of sp³-hybridized carbons (Fsp3) is 0.125. The smallest absolute Gasteiger partial charge is 0.357 e. The summed E-state index contributed by atoms with van der Waals surface area (Å²) in [6, 6.07) is 16.0. The maximum atomic E-state index is 11.4. The minimum atomic E-state index is -1.05. The van der Waals surface area contributed by atoms with E-state index in [1.54, 1.807) is 6.20 Å². The van der Waals surface area contributed by atoms with Crippen LogP contribution in [0.4, 0.5) is 5.00 Å². The quantitative estimate of drug-likeness (QED) is 0.342. The highest BCUT2D eigenvalue weighted by molar-refractivity contribution is 7.14. The molecule has 0 bridgehead atoms. The highest BCUT2D eigenvalue weighted by Crippen LogP contribution is 2.38. The van der Waals surface area contributed by atoms with E-state index < -0.39 is 5.97 Å². The molecule has 5 aromatic rings. The predicted octanol–water partition coefficient (Wildman–Crippen LogP) is 6.28. The third kappa shape index (κ3) is 3.33. The first kappa shape index (κ1) is 19.3. The molecule has 0 saturated heterocycles. The number of hydrogen-bond donors (Lipinski definition) is 2. The normalized spacial score (nSPS) is 12.3. The van der Waals surface area contributed by atoms with Gasteiger partial charge in [0.2, 0.25) is 0 Å². The monoisotopic (exact) mass is 429 g/mol. The summed E-state index contributed by atoms with van der Waals surface area (Å²) in [4.78, 5) is 20.0. The molecule has 0 radical (unpaired) electrons. The van der Waals surface area contributed by atoms with Gasteiger partial charge in [-0.2, -0.15) is 0 Å². The van der Waals surface area contributed by atoms with Crippen molar-refractivity contribution in [2.24, 2.45) is 0 Å². The fourth-order valence-corrected chi connectivity index (χ4v) is 4.64. The molecule has 1 atom stereocenters. The van der Waals surface area contributed by atoms with Crippen molar-refractivity contribution in [3.63, 3.8) is 0 Å². The summed E-state index contributed by atoms with van der Waals surface area (Å²) >= 11 is 1.27. The van der Waals surface area contributed by atoms with Gasteiger partial charge in [0.1, 0.15) is 16.1 Å². The van der Waals surface area contributed by atoms with Crippen LogP contribution < -0.4 is 5.32 Å². The summed E-state index contributed by atoms with van der Waals surface area (Å²) < 4.78 is 6.41. The molecule has 7 heteroatoms. The van der Waals surface area contributed by atoms with Crippen LogP contribution in [0.5, 0.6) is 0 Å². The second kappa shape index (κ2) is 7.52. The van der Waals surface area contributed by atoms with E-state index >= 15 is 0 Å². The minimum absolute atomic E-state index is 0.0263. The molecule has 2 N–H and O–H groups in total. The molecular weight excluding hydrogens is 410 g/mol. The fourth-order valence-electron chi connectivity index (χ4n) is 3.88. The number of furan rings is 1. The van der Waals surface area contributed by atoms with Crippen LogP contribution in [0, 0.1) is 6.92 Å². The molecule has 0 aliphatic heterocycles. The molecule has 154 valence electrons. The third-order valence-electron chi connectivity index (χ3n) is 5.29. The number of aromatic carboxylic acids is 1. The van der Waals surface area contributed by atoms with Crippen molar-refractivity contribution in [1.82, 2.24) is 9.97 Å². The Kier molecular flexibility index (Phi) is 4.67. The predicted molar refractivity (Wildman–Crippen MR) is 123 cm³/mol. The summed E-state index contributed by atoms with van der Waals surface area (Å²) in [6.07, 6.45) is 1.81. The Morgan fingerprint density at radius 2 is 1.94 bits per heavy atom. The van der Waals surface area contributed by atoms with Crippen LogP contribution in [0.1, 0.15) is 34.6 Å². The lowest BCUT2D eigenvalue weighted by Crippen LogP contribution is -2.09. The first-order chi connectivity index (χ1) is 15.0. The van der Waals surface area contributed by atoms with E-state index in [-0.39, 0.29) is 11.7 Å². The molecule has 0 aliphatic rings. The molecule has 0 saturated carbocycles. The summed E-state index contributed by atoms with van der Waals surface area (Å²) in [5, 5.41) is 14.1. The molecule has 5 rings (SSSR count). The van der Waals surface area contributed by atoms with Crippen molar-refractivity contribution in [3.8, 4) is 11.1 Å². The van der Waals surface area contributed by atoms with E-state index in [0.29, 0.717) is 5.00 Å². The molecule has 0 amide bonds. The van der Waals surface area contributed by atoms with E-state index in [1.807, 2.05) is 38.1 Å². The second-order valence-corrected chi connectivity index (χ2v) is 8.29. The van der Waals surface area contributed by atoms with E-state index in [2.05, 4.69) is 39.6 Å². The maximum Gasteiger partial charge on any atom is 0.357 e. The van der Waals surface area contributed by atoms with Crippen LogP contribution in [0.2, 0.25) is 0 Å². The van der Waals surface area contributed by atoms with Crippen LogP contribution in [0.25, 0.3) is 33.2 Å². The van der Waals surface area contributed by atoms with Crippen LogP contribution in [0.15, 0.2) is 64.7 Å². The number of aryl methyl sites for hydroxylation is 1. The largest absolute Gasteiger partial charge is 0.476 e. The third-order valence-corrected chi connectivity index (χ3v) is 6.05. The van der Waals surface area contributed by atoms with Crippen molar-refractivity contribution >= 4 is 44.4 Å². The molecule has 0 spiro atoms. The zero-order valence-electron chi connectivity index (χ0n) is 16.9. The summed E-state index contributed by atoms with van der Waals surface area (Å²) in [6.45, 7) is 4.02. The van der Waals surface area contributed by atoms with Crippen LogP contribution in [0.3, 0.4) is 0 Å². The minimum Gasteiger partial charge on any atom is -0.476 e. The number of rotatable bonds is 5. The van der Waals surface area contributed by atoms with Gasteiger partial charge in [-0.25, -0.2) is 9.78 Å². The highest BCUT2D eigenvalue weighted by atomic mass is 32.1. The Morgan fingerprint density at radius 1 is 1.13 bits per heavy atom. The van der Waals surface area contributed by atoms with Crippen LogP contribution >= 0.6 is 11.3 Å². The van der Waals surface area contributed by atoms with Crippen molar-refractivity contribution in [1.29, 1.82) is 0 Å². The van der Waals surface area contributed by atoms with Crippen LogP contribution in [-0.4, -0.2) is 21.0 Å². The van der Waals surface area contributed by atoms with Gasteiger partial charge in [-0.1, -0.05) is 36.4 Å². The Hall–Kier alpha value is -3.71. The van der Waals surface area contributed by atoms with E-state index in [9.17, 15) is 9.90 Å². The molecule has 2 aromatic carbocycles. The van der Waals surface area contributed by atoms with Gasteiger partial charge in [0, 0.05) is 22.7 Å². The Balaban J connectivity index is 1.67. The maximum absolute atomic E-state index is 11.4. The lowest BCUT2D eigenvalue weighted by atomic mass is 10.0. The van der Waals surface area contributed by atoms with Crippen molar-refractivity contribution in [2.45, 2.75) is 19.9 Å². The van der Waals surface area contributed by atoms with E-state index in [4.69, 9.17) is 4.42 Å². The average molecular weight is 430 g/mol. The molecule has 31 heavy (non-hydrogen) atoms. The van der Waals surface area contributed by atoms with Crippen LogP contribution in [-0.2, 0) is 0 Å². The van der Waals surface area contributed by atoms with Gasteiger partial charge < -0.3 is 14.8 Å². The molecule has 6 nitrogen and oxygen atoms in total. The van der Waals surface area contributed by atoms with Crippen molar-refractivity contribution in [3.05, 3.63) is 77.1 Å². The number of carbonyl (C=O) groups is 1. The number of thiazole rings is 1. The number of benzene rings is 2. The topological polar surface area (TPSA) is 88.2 Å². The number of aromatic nitrogens is 2.